The maximum atomic E-state index is 14.1. The average molecular weight is 1570 g/mol. The van der Waals surface area contributed by atoms with Gasteiger partial charge in [0.15, 0.2) is 34.6 Å². The monoisotopic (exact) mass is 1560 g/mol. The third-order valence-electron chi connectivity index (χ3n) is 23.5. The molecule has 4 aliphatic heterocycles. The zero-order valence-corrected chi connectivity index (χ0v) is 68.9. The van der Waals surface area contributed by atoms with Gasteiger partial charge in [0.25, 0.3) is 0 Å². The van der Waals surface area contributed by atoms with Gasteiger partial charge in [-0.05, 0) is 195 Å². The van der Waals surface area contributed by atoms with Crippen molar-refractivity contribution in [1.82, 2.24) is 20.0 Å². The predicted molar refractivity (Wildman–Crippen MR) is 415 cm³/mol. The van der Waals surface area contributed by atoms with Gasteiger partial charge in [0.1, 0.15) is 41.5 Å². The molecule has 0 unspecified atom stereocenters. The highest BCUT2D eigenvalue weighted by molar-refractivity contribution is 7.91. The minimum atomic E-state index is -3.92. The number of sulfone groups is 1. The zero-order chi connectivity index (χ0) is 82.0. The number of ether oxygens (including phenoxy) is 8. The number of likely N-dealkylation sites (N-methyl/N-ethyl adjacent to an activating group) is 4. The van der Waals surface area contributed by atoms with Crippen LogP contribution in [0.4, 0.5) is 0 Å². The summed E-state index contributed by atoms with van der Waals surface area (Å²) in [7, 11) is 3.10. The molecule has 0 aliphatic carbocycles. The number of rotatable bonds is 15. The number of carbonyl (C=O) groups is 4. The van der Waals surface area contributed by atoms with Crippen LogP contribution in [0.2, 0.25) is 0 Å². The Labute approximate surface area is 651 Å². The highest BCUT2D eigenvalue weighted by atomic mass is 32.2. The molecule has 27 heteroatoms. The van der Waals surface area contributed by atoms with E-state index >= 15 is 0 Å². The minimum absolute atomic E-state index is 0.110. The first-order chi connectivity index (χ1) is 51.3. The molecule has 618 valence electrons. The number of aliphatic hydroxyl groups excluding tert-OH is 4. The summed E-state index contributed by atoms with van der Waals surface area (Å²) in [6.07, 6.45) is -13.9. The molecule has 28 atom stereocenters. The largest absolute Gasteiger partial charge is 0.459 e. The lowest BCUT2D eigenvalue weighted by Crippen LogP contribution is -2.61. The quantitative estimate of drug-likeness (QED) is 0.0416. The van der Waals surface area contributed by atoms with E-state index in [1.807, 2.05) is 61.9 Å². The second-order valence-electron chi connectivity index (χ2n) is 33.1. The van der Waals surface area contributed by atoms with Crippen molar-refractivity contribution in [3.05, 3.63) is 114 Å². The molecule has 4 aromatic rings. The van der Waals surface area contributed by atoms with E-state index in [0.29, 0.717) is 25.1 Å². The fourth-order valence-electron chi connectivity index (χ4n) is 16.8. The zero-order valence-electron chi connectivity index (χ0n) is 68.1. The summed E-state index contributed by atoms with van der Waals surface area (Å²) < 4.78 is 78.1. The molecule has 26 nitrogen and oxygen atoms in total. The lowest BCUT2D eigenvalue weighted by molar-refractivity contribution is -0.298. The maximum Gasteiger partial charge on any atom is 0.338 e. The summed E-state index contributed by atoms with van der Waals surface area (Å²) in [5.41, 5.74) is -6.30. The van der Waals surface area contributed by atoms with Crippen molar-refractivity contribution in [2.75, 3.05) is 47.2 Å². The summed E-state index contributed by atoms with van der Waals surface area (Å²) >= 11 is 0. The van der Waals surface area contributed by atoms with E-state index in [1.165, 1.54) is 27.7 Å². The summed E-state index contributed by atoms with van der Waals surface area (Å²) in [5.74, 6) is -7.77. The van der Waals surface area contributed by atoms with Gasteiger partial charge in [0.05, 0.1) is 87.8 Å². The van der Waals surface area contributed by atoms with Crippen molar-refractivity contribution in [1.29, 1.82) is 0 Å². The summed E-state index contributed by atoms with van der Waals surface area (Å²) in [6, 6.07) is 27.1. The molecule has 4 aliphatic rings. The van der Waals surface area contributed by atoms with E-state index in [2.05, 4.69) is 5.32 Å². The van der Waals surface area contributed by atoms with Gasteiger partial charge < -0.3 is 93.9 Å². The molecule has 8 rings (SSSR count). The lowest BCUT2D eigenvalue weighted by atomic mass is 9.78. The normalized spacial score (nSPS) is 39.0. The van der Waals surface area contributed by atoms with Crippen molar-refractivity contribution in [2.24, 2.45) is 35.5 Å². The molecule has 0 saturated carbocycles. The average Bonchev–Trinajstić information content (AvgIpc) is 0.821. The van der Waals surface area contributed by atoms with E-state index in [-0.39, 0.29) is 66.5 Å². The molecule has 110 heavy (non-hydrogen) atoms. The van der Waals surface area contributed by atoms with E-state index in [1.54, 1.807) is 167 Å². The van der Waals surface area contributed by atoms with Crippen molar-refractivity contribution in [3.8, 4) is 0 Å². The maximum absolute atomic E-state index is 14.1. The van der Waals surface area contributed by atoms with Crippen LogP contribution < -0.4 is 5.32 Å². The van der Waals surface area contributed by atoms with E-state index in [4.69, 9.17) is 37.9 Å². The number of hydrogen-bond donors (Lipinski definition) is 9. The smallest absolute Gasteiger partial charge is 0.338 e. The number of benzene rings is 4. The first-order valence-electron chi connectivity index (χ1n) is 39.0. The molecule has 0 spiro atoms. The number of nitrogens with one attached hydrogen (secondary N) is 1. The van der Waals surface area contributed by atoms with Gasteiger partial charge in [-0.15, -0.1) is 0 Å². The summed E-state index contributed by atoms with van der Waals surface area (Å²) in [6.45, 7) is 27.8. The Hall–Kier alpha value is -5.67. The third kappa shape index (κ3) is 22.2. The third-order valence-corrected chi connectivity index (χ3v) is 25.2. The van der Waals surface area contributed by atoms with E-state index in [9.17, 15) is 68.4 Å². The summed E-state index contributed by atoms with van der Waals surface area (Å²) in [5, 5.41) is 99.0. The lowest BCUT2D eigenvalue weighted by Gasteiger charge is -2.47. The molecule has 0 bridgehead atoms. The van der Waals surface area contributed by atoms with Crippen LogP contribution in [-0.4, -0.2) is 267 Å². The number of nitrogens with zero attached hydrogens (tertiary/aromatic N) is 3. The van der Waals surface area contributed by atoms with Gasteiger partial charge in [-0.25, -0.2) is 18.0 Å². The van der Waals surface area contributed by atoms with Crippen molar-refractivity contribution >= 4 is 44.5 Å². The number of cyclic esters (lactones) is 2. The number of aliphatic hydroxyl groups is 8. The number of hydrogen-bond acceptors (Lipinski definition) is 26. The van der Waals surface area contributed by atoms with Crippen LogP contribution in [0.1, 0.15) is 170 Å². The molecule has 0 aromatic heterocycles. The van der Waals surface area contributed by atoms with Gasteiger partial charge in [-0.2, -0.15) is 0 Å². The number of fused-ring (bicyclic) bond motifs is 1. The Morgan fingerprint density at radius 3 is 1.38 bits per heavy atom. The fourth-order valence-corrected chi connectivity index (χ4v) is 18.2. The second-order valence-corrected chi connectivity index (χ2v) is 35.1. The molecule has 0 radical (unpaired) electrons. The van der Waals surface area contributed by atoms with Crippen LogP contribution in [0.25, 0.3) is 10.8 Å². The van der Waals surface area contributed by atoms with E-state index < -0.39 is 184 Å². The predicted octanol–water partition coefficient (Wildman–Crippen LogP) is 7.29. The first kappa shape index (κ1) is 91.5. The summed E-state index contributed by atoms with van der Waals surface area (Å²) in [4.78, 5) is 59.8. The van der Waals surface area contributed by atoms with Gasteiger partial charge in [0, 0.05) is 37.0 Å². The van der Waals surface area contributed by atoms with Gasteiger partial charge in [0.2, 0.25) is 0 Å². The molecule has 4 saturated heterocycles. The van der Waals surface area contributed by atoms with Crippen molar-refractivity contribution < 1.29 is 106 Å². The molecule has 4 aromatic carbocycles. The van der Waals surface area contributed by atoms with Crippen LogP contribution in [0.3, 0.4) is 0 Å². The Balaban J connectivity index is 0.000000316. The van der Waals surface area contributed by atoms with Crippen LogP contribution in [-0.2, 0) is 57.3 Å². The Morgan fingerprint density at radius 1 is 0.573 bits per heavy atom. The van der Waals surface area contributed by atoms with Crippen LogP contribution in [0.5, 0.6) is 0 Å². The van der Waals surface area contributed by atoms with Gasteiger partial charge >= 0.3 is 23.9 Å². The Bertz CT molecular complexity index is 3720. The van der Waals surface area contributed by atoms with Crippen LogP contribution >= 0.6 is 0 Å². The molecule has 4 fully saturated rings. The number of esters is 4. The van der Waals surface area contributed by atoms with Crippen LogP contribution in [0.15, 0.2) is 108 Å². The topological polar surface area (TPSA) is 360 Å². The van der Waals surface area contributed by atoms with Gasteiger partial charge in [-0.1, -0.05) is 108 Å². The van der Waals surface area contributed by atoms with Crippen molar-refractivity contribution in [3.63, 3.8) is 0 Å². The first-order valence-corrected chi connectivity index (χ1v) is 40.6. The fraction of sp³-hybridized carbons (Fsp3) is 0.687. The molecule has 4 heterocycles. The SMILES string of the molecule is CC[C@H]1OC(=O)[C@H](C)[C@@H](O)[C@H](C)[C@@H](O[C@@H]2O[C@H](C)C[C@H](N(C)CS(=O)(=O)c3ccc4ccccc4c3)[C@H]2OC(=O)c2ccccc2)[C@](C)(O)C[C@@H](C)CN(C)[C@H](C)[C@@H](O)[C@]1(C)O.CC[C@H]1OC(=O)[C@H](C)[C@@H](O)[C@H](C)[C@@H](O[C@@H]2O[C@H](C)C[C@H](NC)[C@H]2OC(=O)c2ccccc2)[C@](C)(O)C[C@@H](C)CN(C)[C@H](C)[C@@H](O)[C@]1(C)O. The van der Waals surface area contributed by atoms with E-state index in [0.717, 1.165) is 10.8 Å². The molecular weight excluding hydrogens is 1440 g/mol. The molecule has 0 amide bonds. The van der Waals surface area contributed by atoms with Crippen LogP contribution in [0, 0.1) is 35.5 Å². The van der Waals surface area contributed by atoms with Gasteiger partial charge in [-0.3, -0.25) is 14.5 Å². The second kappa shape index (κ2) is 38.6. The number of carbonyl (C=O) groups excluding carboxylic acids is 4. The minimum Gasteiger partial charge on any atom is -0.459 e. The molecular formula is C83H128N4O22S. The Morgan fingerprint density at radius 2 is 0.964 bits per heavy atom. The Kier molecular flexibility index (Phi) is 32.1. The van der Waals surface area contributed by atoms with Crippen molar-refractivity contribution in [2.45, 2.75) is 287 Å². The highest BCUT2D eigenvalue weighted by Crippen LogP contribution is 2.41. The molecule has 9 N–H and O–H groups in total. The highest BCUT2D eigenvalue weighted by Gasteiger charge is 2.54. The standard InChI is InChI=1S/C47H68N2O12S.C36H60N2O10/c1-11-38-47(8,55)41(51)32(6)48(9)26-28(2)25-46(7,54)42(30(4)39(50)31(5)43(52)59-38)61-45-40(60-44(53)34-18-13-12-14-19-34)37(23-29(3)58-45)49(10)27-62(56,57)36-22-21-33-17-15-16-20-35(33)24-36;1-11-27-36(8,44)30(40)24(6)38(10)19-20(2)18-35(7,43)31(22(4)28(39)23(5)32(41)46-27)48-34-29(26(37-9)17-21(3)45-34)47-33(42)25-15-13-12-14-16-25/h12-22,24,28-32,37-42,45,50-51,54-55H,11,23,25-27H2,1-10H3;12-16,20-24,26-31,34,37,39-40,43-44H,11,17-19H2,1-10H3/t28-,29-,30+,31-,32-,37+,38-,39+,40-,41-,42-,45+,46-,47-;20-,21-,22+,23-,24-,26+,27-,28+,29-,30-,31-,34+,35-,36-/m11/s1.